The maximum atomic E-state index is 13.3. The van der Waals surface area contributed by atoms with Crippen molar-refractivity contribution in [3.8, 4) is 34.1 Å². The van der Waals surface area contributed by atoms with Crippen molar-refractivity contribution in [2.75, 3.05) is 13.2 Å². The van der Waals surface area contributed by atoms with Crippen LogP contribution >= 0.6 is 0 Å². The normalized spacial score (nSPS) is 18.9. The summed E-state index contributed by atoms with van der Waals surface area (Å²) in [5, 5.41) is 0. The fraction of sp³-hybridized carbons (Fsp3) is 0.414. The lowest BCUT2D eigenvalue weighted by atomic mass is 9.87. The van der Waals surface area contributed by atoms with Crippen LogP contribution in [-0.2, 0) is 55.8 Å². The molecule has 0 aliphatic heterocycles. The van der Waals surface area contributed by atoms with Gasteiger partial charge in [-0.2, -0.15) is 0 Å². The van der Waals surface area contributed by atoms with E-state index < -0.39 is 11.9 Å². The fourth-order valence-electron chi connectivity index (χ4n) is 9.41. The van der Waals surface area contributed by atoms with Crippen LogP contribution in [0.3, 0.4) is 0 Å². The molecule has 3 aliphatic carbocycles. The Morgan fingerprint density at radius 3 is 1.41 bits per heavy atom. The summed E-state index contributed by atoms with van der Waals surface area (Å²) in [6.45, 7) is 9.85. The molecule has 0 spiro atoms. The van der Waals surface area contributed by atoms with E-state index in [-0.39, 0.29) is 66.7 Å². The summed E-state index contributed by atoms with van der Waals surface area (Å²) in [6, 6.07) is 26.1. The summed E-state index contributed by atoms with van der Waals surface area (Å²) in [5.41, 5.74) is 6.06. The highest BCUT2D eigenvalue weighted by Gasteiger charge is 2.33. The van der Waals surface area contributed by atoms with Crippen molar-refractivity contribution in [3.63, 3.8) is 0 Å². The minimum atomic E-state index is -0.537. The zero-order chi connectivity index (χ0) is 50.1. The summed E-state index contributed by atoms with van der Waals surface area (Å²) in [7, 11) is 0. The van der Waals surface area contributed by atoms with Gasteiger partial charge >= 0.3 is 35.8 Å². The summed E-state index contributed by atoms with van der Waals surface area (Å²) in [6.07, 6.45) is 11.6. The van der Waals surface area contributed by atoms with E-state index in [1.807, 2.05) is 60.7 Å². The van der Waals surface area contributed by atoms with Crippen LogP contribution in [0.5, 0.6) is 23.0 Å². The van der Waals surface area contributed by atoms with Crippen LogP contribution in [0.15, 0.2) is 110 Å². The first-order valence-electron chi connectivity index (χ1n) is 25.0. The van der Waals surface area contributed by atoms with E-state index in [1.165, 1.54) is 6.08 Å². The van der Waals surface area contributed by atoms with Gasteiger partial charge in [0.05, 0.1) is 25.0 Å². The number of ether oxygens (including phenoxy) is 7. The molecule has 4 aromatic carbocycles. The molecule has 0 radical (unpaired) electrons. The molecule has 13 heteroatoms. The number of benzene rings is 4. The van der Waals surface area contributed by atoms with Crippen molar-refractivity contribution >= 4 is 35.8 Å². The van der Waals surface area contributed by atoms with Gasteiger partial charge in [0.2, 0.25) is 0 Å². The van der Waals surface area contributed by atoms with E-state index in [1.54, 1.807) is 24.3 Å². The van der Waals surface area contributed by atoms with Crippen LogP contribution < -0.4 is 18.9 Å². The Kier molecular flexibility index (Phi) is 18.8. The molecule has 2 fully saturated rings. The Hall–Kier alpha value is -7.02. The molecule has 0 bridgehead atoms. The van der Waals surface area contributed by atoms with Gasteiger partial charge in [-0.3, -0.25) is 19.2 Å². The number of rotatable bonds is 23. The van der Waals surface area contributed by atoms with Crippen molar-refractivity contribution < 1.29 is 61.9 Å². The Morgan fingerprint density at radius 1 is 0.507 bits per heavy atom. The molecular weight excluding hydrogens is 905 g/mol. The molecule has 2 saturated carbocycles. The van der Waals surface area contributed by atoms with Gasteiger partial charge in [0.25, 0.3) is 0 Å². The van der Waals surface area contributed by atoms with E-state index in [9.17, 15) is 28.8 Å². The van der Waals surface area contributed by atoms with Crippen molar-refractivity contribution in [2.45, 2.75) is 128 Å². The molecule has 1 atom stereocenters. The van der Waals surface area contributed by atoms with E-state index in [4.69, 9.17) is 33.2 Å². The number of hydrogen-bond donors (Lipinski definition) is 0. The van der Waals surface area contributed by atoms with Gasteiger partial charge in [-0.05, 0) is 172 Å². The minimum absolute atomic E-state index is 0.0246. The maximum Gasteiger partial charge on any atom is 0.335 e. The monoisotopic (exact) mass is 968 g/mol. The van der Waals surface area contributed by atoms with E-state index >= 15 is 0 Å². The van der Waals surface area contributed by atoms with Gasteiger partial charge in [0.15, 0.2) is 0 Å². The van der Waals surface area contributed by atoms with Crippen LogP contribution in [-0.4, -0.2) is 61.2 Å². The lowest BCUT2D eigenvalue weighted by Gasteiger charge is -2.27. The first kappa shape index (κ1) is 51.8. The molecule has 13 nitrogen and oxygen atoms in total. The summed E-state index contributed by atoms with van der Waals surface area (Å²) >= 11 is 0. The molecular formula is C58H64O13. The predicted molar refractivity (Wildman–Crippen MR) is 265 cm³/mol. The van der Waals surface area contributed by atoms with Gasteiger partial charge in [0.1, 0.15) is 35.2 Å². The Bertz CT molecular complexity index is 2510. The quantitative estimate of drug-likeness (QED) is 0.0227. The number of carbonyl (C=O) groups excluding carboxylic acids is 6. The Morgan fingerprint density at radius 2 is 0.944 bits per heavy atom. The molecule has 7 rings (SSSR count). The lowest BCUT2D eigenvalue weighted by Crippen LogP contribution is -2.30. The zero-order valence-corrected chi connectivity index (χ0v) is 40.6. The largest absolute Gasteiger partial charge is 0.494 e. The van der Waals surface area contributed by atoms with Crippen molar-refractivity contribution in [3.05, 3.63) is 132 Å². The third-order valence-electron chi connectivity index (χ3n) is 13.5. The standard InChI is InChI=1S/C58H64O13/c1-4-53(59)66-35-9-7-6-8-34-65-43-20-10-39(11-21-43)14-32-55(61)68-45-24-16-41(17-25-45)57(63)70-47-28-30-49-50-31-29-48(37-52(50)38(3)51(49)36-47)71-58(64)42-18-26-46(27-19-42)69-56(62)33-15-40-12-22-44(23-13-40)67-54(60)5-2/h4-5,10-13,20-23,28-31,36-38,41-42,45-46H,1-2,6-9,14-19,24-27,32-35H2,3H3/t38?,41-,42-,45-,46-. The highest BCUT2D eigenvalue weighted by atomic mass is 16.6. The molecule has 374 valence electrons. The summed E-state index contributed by atoms with van der Waals surface area (Å²) in [4.78, 5) is 74.5. The third-order valence-corrected chi connectivity index (χ3v) is 13.5. The van der Waals surface area contributed by atoms with E-state index in [0.29, 0.717) is 94.7 Å². The Balaban J connectivity index is 0.772. The van der Waals surface area contributed by atoms with Gasteiger partial charge < -0.3 is 33.2 Å². The van der Waals surface area contributed by atoms with Gasteiger partial charge in [-0.1, -0.05) is 56.5 Å². The lowest BCUT2D eigenvalue weighted by molar-refractivity contribution is -0.153. The van der Waals surface area contributed by atoms with Crippen LogP contribution in [0, 0.1) is 11.8 Å². The number of hydrogen-bond acceptors (Lipinski definition) is 13. The second-order valence-electron chi connectivity index (χ2n) is 18.5. The first-order valence-corrected chi connectivity index (χ1v) is 25.0. The highest BCUT2D eigenvalue weighted by Crippen LogP contribution is 2.47. The molecule has 1 unspecified atom stereocenters. The first-order chi connectivity index (χ1) is 34.4. The van der Waals surface area contributed by atoms with E-state index in [2.05, 4.69) is 20.1 Å². The van der Waals surface area contributed by atoms with Gasteiger partial charge in [-0.25, -0.2) is 9.59 Å². The second kappa shape index (κ2) is 25.7. The van der Waals surface area contributed by atoms with Crippen molar-refractivity contribution in [1.29, 1.82) is 0 Å². The number of aryl methyl sites for hydroxylation is 2. The minimum Gasteiger partial charge on any atom is -0.494 e. The zero-order valence-electron chi connectivity index (χ0n) is 40.6. The number of unbranched alkanes of at least 4 members (excludes halogenated alkanes) is 3. The highest BCUT2D eigenvalue weighted by molar-refractivity contribution is 5.84. The topological polar surface area (TPSA) is 167 Å². The number of fused-ring (bicyclic) bond motifs is 3. The second-order valence-corrected chi connectivity index (χ2v) is 18.5. The van der Waals surface area contributed by atoms with Crippen LogP contribution in [0.1, 0.15) is 125 Å². The molecule has 0 heterocycles. The van der Waals surface area contributed by atoms with Crippen molar-refractivity contribution in [2.24, 2.45) is 11.8 Å². The molecule has 0 aromatic heterocycles. The third kappa shape index (κ3) is 15.2. The summed E-state index contributed by atoms with van der Waals surface area (Å²) < 4.78 is 39.3. The maximum absolute atomic E-state index is 13.3. The van der Waals surface area contributed by atoms with Crippen molar-refractivity contribution in [1.82, 2.24) is 0 Å². The molecule has 0 saturated heterocycles. The Labute approximate surface area is 415 Å². The van der Waals surface area contributed by atoms with Crippen LogP contribution in [0.4, 0.5) is 0 Å². The van der Waals surface area contributed by atoms with Gasteiger partial charge in [-0.15, -0.1) is 0 Å². The average Bonchev–Trinajstić information content (AvgIpc) is 3.66. The van der Waals surface area contributed by atoms with Crippen LogP contribution in [0.2, 0.25) is 0 Å². The molecule has 3 aliphatic rings. The van der Waals surface area contributed by atoms with E-state index in [0.717, 1.165) is 70.9 Å². The molecule has 4 aromatic rings. The molecule has 0 N–H and O–H groups in total. The number of esters is 6. The van der Waals surface area contributed by atoms with Gasteiger partial charge in [0, 0.05) is 30.9 Å². The summed E-state index contributed by atoms with van der Waals surface area (Å²) in [5.74, 6) is -0.534. The molecule has 0 amide bonds. The predicted octanol–water partition coefficient (Wildman–Crippen LogP) is 10.9. The average molecular weight is 969 g/mol. The van der Waals surface area contributed by atoms with Crippen LogP contribution in [0.25, 0.3) is 11.1 Å². The smallest absolute Gasteiger partial charge is 0.335 e. The fourth-order valence-corrected chi connectivity index (χ4v) is 9.41. The number of carbonyl (C=O) groups is 6. The molecule has 71 heavy (non-hydrogen) atoms. The SMILES string of the molecule is C=CC(=O)OCCCCCCOc1ccc(CCC(=O)O[C@H]2CC[C@H](C(=O)Oc3ccc4c(c3)C(C)c3cc(OC(=O)[C@H]5CC[C@H](OC(=O)CCc6ccc(OC(=O)C=C)cc6)CC5)ccc3-4)CC2)cc1.